The summed E-state index contributed by atoms with van der Waals surface area (Å²) in [5.41, 5.74) is 2.31. The minimum atomic E-state index is -0.188. The third kappa shape index (κ3) is 2.07. The Bertz CT molecular complexity index is 646. The minimum absolute atomic E-state index is 0.0185. The highest BCUT2D eigenvalue weighted by molar-refractivity contribution is 6.00. The van der Waals surface area contributed by atoms with Crippen LogP contribution < -0.4 is 15.5 Å². The van der Waals surface area contributed by atoms with E-state index in [1.807, 2.05) is 18.2 Å². The van der Waals surface area contributed by atoms with Crippen LogP contribution in [0.1, 0.15) is 17.3 Å². The van der Waals surface area contributed by atoms with E-state index >= 15 is 0 Å². The summed E-state index contributed by atoms with van der Waals surface area (Å²) in [6, 6.07) is 6.90. The molecule has 0 aliphatic carbocycles. The van der Waals surface area contributed by atoms with Crippen LogP contribution in [0.4, 0.5) is 10.5 Å². The van der Waals surface area contributed by atoms with Gasteiger partial charge in [-0.2, -0.15) is 0 Å². The van der Waals surface area contributed by atoms with Gasteiger partial charge in [0, 0.05) is 24.2 Å². The molecule has 102 valence electrons. The Morgan fingerprint density at radius 2 is 2.15 bits per heavy atom. The molecule has 1 aromatic rings. The van der Waals surface area contributed by atoms with Crippen molar-refractivity contribution in [2.75, 3.05) is 18.0 Å². The molecule has 2 aliphatic rings. The molecule has 2 heterocycles. The summed E-state index contributed by atoms with van der Waals surface area (Å²) >= 11 is 0. The zero-order chi connectivity index (χ0) is 14.1. The van der Waals surface area contributed by atoms with E-state index in [4.69, 9.17) is 0 Å². The monoisotopic (exact) mass is 269 g/mol. The highest BCUT2D eigenvalue weighted by Crippen LogP contribution is 2.25. The number of rotatable bonds is 2. The van der Waals surface area contributed by atoms with Crippen LogP contribution in [0.2, 0.25) is 0 Å². The number of ketones is 1. The highest BCUT2D eigenvalue weighted by Gasteiger charge is 2.28. The molecule has 0 unspecified atom stereocenters. The lowest BCUT2D eigenvalue weighted by Crippen LogP contribution is -2.50. The zero-order valence-corrected chi connectivity index (χ0v) is 11.1. The van der Waals surface area contributed by atoms with Gasteiger partial charge in [-0.15, -0.1) is 0 Å². The number of carbonyl (C=O) groups excluding carboxylic acids is 2. The molecule has 5 nitrogen and oxygen atoms in total. The van der Waals surface area contributed by atoms with Crippen molar-refractivity contribution in [2.45, 2.75) is 6.92 Å². The van der Waals surface area contributed by atoms with Crippen molar-refractivity contribution in [3.05, 3.63) is 53.4 Å². The SMILES string of the molecule is CC(=O)c1cccc(N2C(=O)NCC3=C2NCC=C3)c1. The van der Waals surface area contributed by atoms with Gasteiger partial charge in [-0.1, -0.05) is 24.3 Å². The average molecular weight is 269 g/mol. The average Bonchev–Trinajstić information content (AvgIpc) is 2.47. The van der Waals surface area contributed by atoms with Gasteiger partial charge in [0.05, 0.1) is 5.69 Å². The first-order valence-corrected chi connectivity index (χ1v) is 6.49. The van der Waals surface area contributed by atoms with Crippen LogP contribution in [0, 0.1) is 0 Å². The maximum Gasteiger partial charge on any atom is 0.327 e. The lowest BCUT2D eigenvalue weighted by Gasteiger charge is -2.33. The Balaban J connectivity index is 2.07. The normalized spacial score (nSPS) is 17.4. The van der Waals surface area contributed by atoms with E-state index in [1.165, 1.54) is 6.92 Å². The summed E-state index contributed by atoms with van der Waals surface area (Å²) in [6.07, 6.45) is 4.02. The van der Waals surface area contributed by atoms with Crippen molar-refractivity contribution in [1.82, 2.24) is 10.6 Å². The maximum atomic E-state index is 12.2. The molecule has 2 amide bonds. The van der Waals surface area contributed by atoms with Gasteiger partial charge >= 0.3 is 6.03 Å². The van der Waals surface area contributed by atoms with Gasteiger partial charge in [0.15, 0.2) is 5.78 Å². The topological polar surface area (TPSA) is 61.4 Å². The van der Waals surface area contributed by atoms with E-state index in [0.29, 0.717) is 24.3 Å². The number of nitrogens with one attached hydrogen (secondary N) is 2. The Kier molecular flexibility index (Phi) is 3.02. The molecule has 0 fully saturated rings. The Hall–Kier alpha value is -2.56. The molecule has 0 saturated heterocycles. The zero-order valence-electron chi connectivity index (χ0n) is 11.1. The van der Waals surface area contributed by atoms with Gasteiger partial charge in [-0.3, -0.25) is 4.79 Å². The third-order valence-corrected chi connectivity index (χ3v) is 3.38. The molecule has 0 spiro atoms. The molecule has 0 bridgehead atoms. The second-order valence-electron chi connectivity index (χ2n) is 4.76. The van der Waals surface area contributed by atoms with Crippen LogP contribution in [-0.4, -0.2) is 24.9 Å². The molecule has 20 heavy (non-hydrogen) atoms. The van der Waals surface area contributed by atoms with E-state index in [1.54, 1.807) is 23.1 Å². The van der Waals surface area contributed by atoms with Gasteiger partial charge in [-0.05, 0) is 19.1 Å². The number of carbonyl (C=O) groups is 2. The van der Waals surface area contributed by atoms with Gasteiger partial charge < -0.3 is 10.6 Å². The van der Waals surface area contributed by atoms with Crippen LogP contribution in [0.5, 0.6) is 0 Å². The summed E-state index contributed by atoms with van der Waals surface area (Å²) in [7, 11) is 0. The highest BCUT2D eigenvalue weighted by atomic mass is 16.2. The second kappa shape index (κ2) is 4.85. The van der Waals surface area contributed by atoms with Crippen LogP contribution in [0.3, 0.4) is 0 Å². The molecule has 0 radical (unpaired) electrons. The van der Waals surface area contributed by atoms with Crippen LogP contribution in [0.15, 0.2) is 47.8 Å². The molecule has 2 N–H and O–H groups in total. The number of benzene rings is 1. The molecule has 2 aliphatic heterocycles. The molecule has 1 aromatic carbocycles. The first kappa shape index (κ1) is 12.5. The minimum Gasteiger partial charge on any atom is -0.367 e. The molecule has 0 atom stereocenters. The van der Waals surface area contributed by atoms with Crippen molar-refractivity contribution < 1.29 is 9.59 Å². The van der Waals surface area contributed by atoms with E-state index in [2.05, 4.69) is 10.6 Å². The molecular formula is C15H15N3O2. The summed E-state index contributed by atoms with van der Waals surface area (Å²) < 4.78 is 0. The summed E-state index contributed by atoms with van der Waals surface area (Å²) in [4.78, 5) is 25.2. The van der Waals surface area contributed by atoms with Crippen molar-refractivity contribution in [3.8, 4) is 0 Å². The van der Waals surface area contributed by atoms with Crippen molar-refractivity contribution in [1.29, 1.82) is 0 Å². The molecular weight excluding hydrogens is 254 g/mol. The van der Waals surface area contributed by atoms with E-state index < -0.39 is 0 Å². The maximum absolute atomic E-state index is 12.2. The lowest BCUT2D eigenvalue weighted by molar-refractivity contribution is 0.101. The molecule has 0 saturated carbocycles. The molecule has 3 rings (SSSR count). The predicted molar refractivity (Wildman–Crippen MR) is 76.5 cm³/mol. The summed E-state index contributed by atoms with van der Waals surface area (Å²) in [5.74, 6) is 0.770. The summed E-state index contributed by atoms with van der Waals surface area (Å²) in [6.45, 7) is 2.72. The van der Waals surface area contributed by atoms with E-state index in [9.17, 15) is 9.59 Å². The van der Waals surface area contributed by atoms with E-state index in [0.717, 1.165) is 11.4 Å². The van der Waals surface area contributed by atoms with Gasteiger partial charge in [0.1, 0.15) is 5.82 Å². The second-order valence-corrected chi connectivity index (χ2v) is 4.76. The van der Waals surface area contributed by atoms with E-state index in [-0.39, 0.29) is 11.8 Å². The fraction of sp³-hybridized carbons (Fsp3) is 0.200. The number of nitrogens with zero attached hydrogens (tertiary/aromatic N) is 1. The van der Waals surface area contributed by atoms with Gasteiger partial charge in [-0.25, -0.2) is 9.69 Å². The predicted octanol–water partition coefficient (Wildman–Crippen LogP) is 1.79. The molecule has 5 heteroatoms. The number of anilines is 1. The van der Waals surface area contributed by atoms with Crippen molar-refractivity contribution in [3.63, 3.8) is 0 Å². The lowest BCUT2D eigenvalue weighted by atomic mass is 10.1. The smallest absolute Gasteiger partial charge is 0.327 e. The fourth-order valence-electron chi connectivity index (χ4n) is 2.38. The fourth-order valence-corrected chi connectivity index (χ4v) is 2.38. The number of urea groups is 1. The Morgan fingerprint density at radius 1 is 1.30 bits per heavy atom. The van der Waals surface area contributed by atoms with Crippen molar-refractivity contribution in [2.24, 2.45) is 0 Å². The Labute approximate surface area is 117 Å². The number of dihydropyridines is 1. The molecule has 0 aromatic heterocycles. The first-order valence-electron chi connectivity index (χ1n) is 6.49. The van der Waals surface area contributed by atoms with Crippen LogP contribution in [0.25, 0.3) is 0 Å². The van der Waals surface area contributed by atoms with Crippen LogP contribution in [-0.2, 0) is 0 Å². The number of hydrogen-bond donors (Lipinski definition) is 2. The standard InChI is InChI=1S/C15H15N3O2/c1-10(19)11-4-2-6-13(8-11)18-14-12(5-3-7-16-14)9-17-15(18)20/h2-6,8,16H,7,9H2,1H3,(H,17,20). The third-order valence-electron chi connectivity index (χ3n) is 3.38. The van der Waals surface area contributed by atoms with Gasteiger partial charge in [0.25, 0.3) is 0 Å². The Morgan fingerprint density at radius 3 is 2.95 bits per heavy atom. The number of hydrogen-bond acceptors (Lipinski definition) is 3. The van der Waals surface area contributed by atoms with Gasteiger partial charge in [0.2, 0.25) is 0 Å². The number of Topliss-reactive ketones (excluding diaryl/α,β-unsaturated/α-hetero) is 1. The van der Waals surface area contributed by atoms with Crippen LogP contribution >= 0.6 is 0 Å². The summed E-state index contributed by atoms with van der Waals surface area (Å²) in [5, 5.41) is 6.05. The quantitative estimate of drug-likeness (QED) is 0.805. The van der Waals surface area contributed by atoms with Crippen molar-refractivity contribution >= 4 is 17.5 Å². The largest absolute Gasteiger partial charge is 0.367 e. The first-order chi connectivity index (χ1) is 9.66. The number of amides is 2.